The minimum Gasteiger partial charge on any atom is -0.460 e. The van der Waals surface area contributed by atoms with Gasteiger partial charge in [-0.15, -0.1) is 0 Å². The molecule has 0 radical (unpaired) electrons. The molecule has 0 bridgehead atoms. The zero-order valence-corrected chi connectivity index (χ0v) is 17.9. The molecule has 2 aromatic heterocycles. The highest BCUT2D eigenvalue weighted by Crippen LogP contribution is 2.25. The highest BCUT2D eigenvalue weighted by atomic mass is 35.5. The largest absolute Gasteiger partial charge is 0.460 e. The summed E-state index contributed by atoms with van der Waals surface area (Å²) in [6.07, 6.45) is 3.94. The topological polar surface area (TPSA) is 67.6 Å². The Kier molecular flexibility index (Phi) is 5.87. The highest BCUT2D eigenvalue weighted by Gasteiger charge is 2.21. The third-order valence-electron chi connectivity index (χ3n) is 5.33. The van der Waals surface area contributed by atoms with Crippen molar-refractivity contribution in [3.63, 3.8) is 0 Å². The molecule has 8 heteroatoms. The van der Waals surface area contributed by atoms with Crippen molar-refractivity contribution in [3.8, 4) is 6.01 Å². The lowest BCUT2D eigenvalue weighted by molar-refractivity contribution is 0.105. The van der Waals surface area contributed by atoms with Crippen LogP contribution in [0.5, 0.6) is 6.01 Å². The summed E-state index contributed by atoms with van der Waals surface area (Å²) in [4.78, 5) is 11.6. The molecule has 7 nitrogen and oxygen atoms in total. The maximum atomic E-state index is 6.30. The first-order valence-corrected chi connectivity index (χ1v) is 10.5. The molecule has 154 valence electrons. The molecule has 1 aromatic carbocycles. The van der Waals surface area contributed by atoms with Gasteiger partial charge in [0.05, 0.1) is 6.20 Å². The number of likely N-dealkylation sites (tertiary alicyclic amines) is 1. The smallest absolute Gasteiger partial charge is 0.322 e. The second-order valence-electron chi connectivity index (χ2n) is 7.89. The van der Waals surface area contributed by atoms with Crippen LogP contribution in [-0.4, -0.2) is 50.7 Å². The number of hydrogen-bond acceptors (Lipinski definition) is 6. The lowest BCUT2D eigenvalue weighted by Crippen LogP contribution is -2.36. The van der Waals surface area contributed by atoms with Crippen molar-refractivity contribution in [2.75, 3.05) is 25.5 Å². The van der Waals surface area contributed by atoms with E-state index >= 15 is 0 Å². The summed E-state index contributed by atoms with van der Waals surface area (Å²) < 4.78 is 7.92. The van der Waals surface area contributed by atoms with Crippen LogP contribution in [0.4, 0.5) is 5.95 Å². The van der Waals surface area contributed by atoms with Crippen LogP contribution in [0.15, 0.2) is 30.5 Å². The van der Waals surface area contributed by atoms with Gasteiger partial charge >= 0.3 is 6.01 Å². The molecule has 0 aliphatic carbocycles. The summed E-state index contributed by atoms with van der Waals surface area (Å²) >= 11 is 6.30. The standard InChI is InChI=1S/C21H27ClN6O/c1-14(2)17-13-24-28-19(17)25-21(29-16-8-10-27(3)11-9-16)26-20(28)23-12-15-6-4-5-7-18(15)22/h4-7,13-14,16H,8-12H2,1-3H3,(H,23,25,26). The summed E-state index contributed by atoms with van der Waals surface area (Å²) in [5.74, 6) is 0.903. The molecule has 1 aliphatic heterocycles. The number of rotatable bonds is 6. The number of aromatic nitrogens is 4. The van der Waals surface area contributed by atoms with Crippen molar-refractivity contribution >= 4 is 23.2 Å². The molecule has 0 spiro atoms. The molecule has 3 aromatic rings. The molecule has 1 fully saturated rings. The van der Waals surface area contributed by atoms with Crippen LogP contribution >= 0.6 is 11.6 Å². The van der Waals surface area contributed by atoms with Crippen LogP contribution in [0.1, 0.15) is 43.7 Å². The van der Waals surface area contributed by atoms with Crippen molar-refractivity contribution in [1.82, 2.24) is 24.5 Å². The van der Waals surface area contributed by atoms with Crippen LogP contribution in [-0.2, 0) is 6.54 Å². The average molecular weight is 415 g/mol. The highest BCUT2D eigenvalue weighted by molar-refractivity contribution is 6.31. The molecule has 3 heterocycles. The normalized spacial score (nSPS) is 15.9. The molecule has 0 unspecified atom stereocenters. The molecule has 29 heavy (non-hydrogen) atoms. The second-order valence-corrected chi connectivity index (χ2v) is 8.29. The van der Waals surface area contributed by atoms with E-state index in [0.29, 0.717) is 24.4 Å². The number of hydrogen-bond donors (Lipinski definition) is 1. The number of benzene rings is 1. The van der Waals surface area contributed by atoms with Crippen molar-refractivity contribution in [2.45, 2.75) is 45.3 Å². The lowest BCUT2D eigenvalue weighted by Gasteiger charge is -2.28. The average Bonchev–Trinajstić information content (AvgIpc) is 3.13. The molecule has 0 saturated carbocycles. The Labute approximate surface area is 176 Å². The summed E-state index contributed by atoms with van der Waals surface area (Å²) in [6, 6.07) is 8.17. The minimum absolute atomic E-state index is 0.135. The predicted molar refractivity (Wildman–Crippen MR) is 115 cm³/mol. The number of anilines is 1. The van der Waals surface area contributed by atoms with Gasteiger partial charge < -0.3 is 15.0 Å². The Morgan fingerprint density at radius 1 is 1.21 bits per heavy atom. The van der Waals surface area contributed by atoms with E-state index in [1.165, 1.54) is 0 Å². The zero-order chi connectivity index (χ0) is 20.4. The van der Waals surface area contributed by atoms with Gasteiger partial charge in [0, 0.05) is 30.2 Å². The number of nitrogens with zero attached hydrogens (tertiary/aromatic N) is 5. The van der Waals surface area contributed by atoms with E-state index in [9.17, 15) is 0 Å². The molecular formula is C21H27ClN6O. The van der Waals surface area contributed by atoms with Crippen molar-refractivity contribution < 1.29 is 4.74 Å². The van der Waals surface area contributed by atoms with E-state index in [4.69, 9.17) is 21.3 Å². The van der Waals surface area contributed by atoms with E-state index in [1.54, 1.807) is 4.52 Å². The van der Waals surface area contributed by atoms with Gasteiger partial charge in [0.25, 0.3) is 0 Å². The SMILES string of the molecule is CC(C)c1cnn2c(NCc3ccccc3Cl)nc(OC3CCN(C)CC3)nc12. The molecule has 0 amide bonds. The van der Waals surface area contributed by atoms with Crippen molar-refractivity contribution in [1.29, 1.82) is 0 Å². The zero-order valence-electron chi connectivity index (χ0n) is 17.1. The van der Waals surface area contributed by atoms with Crippen molar-refractivity contribution in [2.24, 2.45) is 0 Å². The first kappa shape index (κ1) is 19.9. The summed E-state index contributed by atoms with van der Waals surface area (Å²) in [6.45, 7) is 6.85. The van der Waals surface area contributed by atoms with E-state index < -0.39 is 0 Å². The quantitative estimate of drug-likeness (QED) is 0.657. The van der Waals surface area contributed by atoms with Crippen LogP contribution in [0.2, 0.25) is 5.02 Å². The first-order chi connectivity index (χ1) is 14.0. The Hall–Kier alpha value is -2.38. The van der Waals surface area contributed by atoms with Gasteiger partial charge in [-0.05, 0) is 37.4 Å². The fraction of sp³-hybridized carbons (Fsp3) is 0.476. The van der Waals surface area contributed by atoms with E-state index in [0.717, 1.165) is 47.7 Å². The molecule has 0 atom stereocenters. The molecule has 1 N–H and O–H groups in total. The van der Waals surface area contributed by atoms with Crippen molar-refractivity contribution in [3.05, 3.63) is 46.6 Å². The number of halogens is 1. The first-order valence-electron chi connectivity index (χ1n) is 10.1. The van der Waals surface area contributed by atoms with Gasteiger partial charge in [-0.25, -0.2) is 0 Å². The fourth-order valence-corrected chi connectivity index (χ4v) is 3.72. The van der Waals surface area contributed by atoms with Gasteiger partial charge in [-0.2, -0.15) is 19.6 Å². The van der Waals surface area contributed by atoms with Gasteiger partial charge in [-0.1, -0.05) is 43.6 Å². The van der Waals surface area contributed by atoms with E-state index in [1.807, 2.05) is 30.5 Å². The Morgan fingerprint density at radius 3 is 2.69 bits per heavy atom. The molecule has 1 saturated heterocycles. The molecule has 4 rings (SSSR count). The Balaban J connectivity index is 1.63. The fourth-order valence-electron chi connectivity index (χ4n) is 3.52. The number of nitrogens with one attached hydrogen (secondary N) is 1. The third-order valence-corrected chi connectivity index (χ3v) is 5.70. The maximum Gasteiger partial charge on any atom is 0.322 e. The van der Waals surface area contributed by atoms with Gasteiger partial charge in [0.15, 0.2) is 5.65 Å². The molecular weight excluding hydrogens is 388 g/mol. The van der Waals surface area contributed by atoms with Crippen LogP contribution < -0.4 is 10.1 Å². The minimum atomic E-state index is 0.135. The second kappa shape index (κ2) is 8.55. The third kappa shape index (κ3) is 4.46. The maximum absolute atomic E-state index is 6.30. The number of piperidine rings is 1. The lowest BCUT2D eigenvalue weighted by atomic mass is 10.1. The van der Waals surface area contributed by atoms with E-state index in [-0.39, 0.29) is 6.10 Å². The van der Waals surface area contributed by atoms with Gasteiger partial charge in [0.2, 0.25) is 5.95 Å². The van der Waals surface area contributed by atoms with Gasteiger partial charge in [0.1, 0.15) is 6.10 Å². The summed E-state index contributed by atoms with van der Waals surface area (Å²) in [7, 11) is 2.14. The summed E-state index contributed by atoms with van der Waals surface area (Å²) in [5, 5.41) is 8.58. The molecule has 1 aliphatic rings. The Morgan fingerprint density at radius 2 is 1.97 bits per heavy atom. The van der Waals surface area contributed by atoms with Crippen LogP contribution in [0.25, 0.3) is 5.65 Å². The Bertz CT molecular complexity index is 980. The van der Waals surface area contributed by atoms with E-state index in [2.05, 4.69) is 41.2 Å². The summed E-state index contributed by atoms with van der Waals surface area (Å²) in [5.41, 5.74) is 2.84. The van der Waals surface area contributed by atoms with Gasteiger partial charge in [-0.3, -0.25) is 0 Å². The monoisotopic (exact) mass is 414 g/mol. The number of ether oxygens (including phenoxy) is 1. The van der Waals surface area contributed by atoms with Crippen LogP contribution in [0.3, 0.4) is 0 Å². The number of fused-ring (bicyclic) bond motifs is 1. The predicted octanol–water partition coefficient (Wildman–Crippen LogP) is 3.99. The van der Waals surface area contributed by atoms with Crippen LogP contribution in [0, 0.1) is 0 Å².